The largest absolute Gasteiger partial charge is 0.393 e. The van der Waals surface area contributed by atoms with Gasteiger partial charge in [-0.2, -0.15) is 0 Å². The van der Waals surface area contributed by atoms with Gasteiger partial charge in [-0.15, -0.1) is 0 Å². The van der Waals surface area contributed by atoms with E-state index >= 15 is 0 Å². The topological polar surface area (TPSA) is 26.7 Å². The van der Waals surface area contributed by atoms with Crippen molar-refractivity contribution in [1.29, 1.82) is 0 Å². The molecule has 1 N–H and O–H groups in total. The van der Waals surface area contributed by atoms with E-state index < -0.39 is 0 Å². The van der Waals surface area contributed by atoms with Crippen molar-refractivity contribution >= 4 is 5.69 Å². The number of nitrogens with zero attached hydrogens (tertiary/aromatic N) is 2. The summed E-state index contributed by atoms with van der Waals surface area (Å²) in [7, 11) is 0. The molecule has 1 aromatic rings. The van der Waals surface area contributed by atoms with Gasteiger partial charge in [-0.1, -0.05) is 26.0 Å². The molecular weight excluding hydrogens is 248 g/mol. The molecule has 1 fully saturated rings. The van der Waals surface area contributed by atoms with Gasteiger partial charge in [0.1, 0.15) is 0 Å². The Morgan fingerprint density at radius 3 is 2.40 bits per heavy atom. The van der Waals surface area contributed by atoms with E-state index in [1.54, 1.807) is 0 Å². The molecule has 3 nitrogen and oxygen atoms in total. The summed E-state index contributed by atoms with van der Waals surface area (Å²) in [6.45, 7) is 13.6. The van der Waals surface area contributed by atoms with Crippen molar-refractivity contribution in [2.45, 2.75) is 33.8 Å². The molecule has 1 aliphatic rings. The van der Waals surface area contributed by atoms with E-state index in [0.29, 0.717) is 0 Å². The monoisotopic (exact) mass is 276 g/mol. The molecule has 2 rings (SSSR count). The number of hydrogen-bond donors (Lipinski definition) is 1. The Morgan fingerprint density at radius 1 is 1.20 bits per heavy atom. The first-order chi connectivity index (χ1) is 9.38. The van der Waals surface area contributed by atoms with Crippen LogP contribution in [0.2, 0.25) is 0 Å². The van der Waals surface area contributed by atoms with Crippen molar-refractivity contribution in [2.24, 2.45) is 5.41 Å². The zero-order valence-electron chi connectivity index (χ0n) is 13.3. The average molecular weight is 276 g/mol. The van der Waals surface area contributed by atoms with Gasteiger partial charge in [0.25, 0.3) is 0 Å². The Kier molecular flexibility index (Phi) is 4.71. The molecule has 0 radical (unpaired) electrons. The van der Waals surface area contributed by atoms with Gasteiger partial charge in [0, 0.05) is 43.8 Å². The third-order valence-electron chi connectivity index (χ3n) is 4.50. The minimum Gasteiger partial charge on any atom is -0.393 e. The van der Waals surface area contributed by atoms with E-state index in [0.717, 1.165) is 32.7 Å². The van der Waals surface area contributed by atoms with E-state index in [9.17, 15) is 5.11 Å². The van der Waals surface area contributed by atoms with Crippen molar-refractivity contribution in [3.05, 3.63) is 29.8 Å². The normalized spacial score (nSPS) is 19.1. The van der Waals surface area contributed by atoms with Crippen LogP contribution < -0.4 is 4.90 Å². The van der Waals surface area contributed by atoms with Gasteiger partial charge < -0.3 is 10.0 Å². The maximum atomic E-state index is 9.83. The van der Waals surface area contributed by atoms with Crippen LogP contribution in [0.1, 0.15) is 26.3 Å². The number of benzene rings is 1. The molecule has 0 aliphatic carbocycles. The zero-order valence-corrected chi connectivity index (χ0v) is 13.3. The summed E-state index contributed by atoms with van der Waals surface area (Å²) in [4.78, 5) is 4.93. The smallest absolute Gasteiger partial charge is 0.0575 e. The predicted molar refractivity (Wildman–Crippen MR) is 85.3 cm³/mol. The molecule has 112 valence electrons. The first kappa shape index (κ1) is 15.3. The fraction of sp³-hybridized carbons (Fsp3) is 0.647. The molecule has 0 saturated carbocycles. The number of aryl methyl sites for hydroxylation is 1. The van der Waals surface area contributed by atoms with E-state index in [2.05, 4.69) is 54.8 Å². The molecule has 20 heavy (non-hydrogen) atoms. The summed E-state index contributed by atoms with van der Waals surface area (Å²) in [5.41, 5.74) is 2.62. The highest BCUT2D eigenvalue weighted by Gasteiger charge is 2.28. The zero-order chi connectivity index (χ0) is 14.8. The van der Waals surface area contributed by atoms with Crippen molar-refractivity contribution in [2.75, 3.05) is 37.6 Å². The number of aliphatic hydroxyl groups is 1. The fourth-order valence-electron chi connectivity index (χ4n) is 2.70. The van der Waals surface area contributed by atoms with Crippen LogP contribution >= 0.6 is 0 Å². The second-order valence-electron chi connectivity index (χ2n) is 6.77. The number of hydrogen-bond acceptors (Lipinski definition) is 3. The molecule has 0 bridgehead atoms. The molecule has 1 aromatic carbocycles. The van der Waals surface area contributed by atoms with Crippen molar-refractivity contribution < 1.29 is 5.11 Å². The molecule has 0 aromatic heterocycles. The van der Waals surface area contributed by atoms with Gasteiger partial charge in [-0.25, -0.2) is 0 Å². The summed E-state index contributed by atoms with van der Waals surface area (Å²) in [5.74, 6) is 0. The van der Waals surface area contributed by atoms with Crippen molar-refractivity contribution in [1.82, 2.24) is 4.90 Å². The number of piperazine rings is 1. The van der Waals surface area contributed by atoms with Gasteiger partial charge in [-0.3, -0.25) is 4.90 Å². The van der Waals surface area contributed by atoms with E-state index in [4.69, 9.17) is 0 Å². The Bertz CT molecular complexity index is 434. The van der Waals surface area contributed by atoms with Crippen LogP contribution in [0.5, 0.6) is 0 Å². The highest BCUT2D eigenvalue weighted by atomic mass is 16.3. The van der Waals surface area contributed by atoms with E-state index in [1.165, 1.54) is 11.3 Å². The summed E-state index contributed by atoms with van der Waals surface area (Å²) >= 11 is 0. The molecule has 0 spiro atoms. The minimum atomic E-state index is -0.266. The van der Waals surface area contributed by atoms with Gasteiger partial charge in [0.15, 0.2) is 0 Å². The molecule has 1 atom stereocenters. The molecule has 3 heteroatoms. The van der Waals surface area contributed by atoms with Gasteiger partial charge in [0.05, 0.1) is 6.10 Å². The van der Waals surface area contributed by atoms with Crippen LogP contribution in [0.25, 0.3) is 0 Å². The number of rotatable bonds is 4. The third kappa shape index (κ3) is 3.74. The van der Waals surface area contributed by atoms with Crippen LogP contribution in [0.3, 0.4) is 0 Å². The van der Waals surface area contributed by atoms with Crippen LogP contribution in [0, 0.1) is 12.3 Å². The second-order valence-corrected chi connectivity index (χ2v) is 6.77. The SMILES string of the molecule is Cc1cccc(N2CCN(CC(C)(C)C(C)O)CC2)c1. The Hall–Kier alpha value is -1.06. The average Bonchev–Trinajstić information content (AvgIpc) is 2.39. The summed E-state index contributed by atoms with van der Waals surface area (Å²) in [6.07, 6.45) is -0.266. The van der Waals surface area contributed by atoms with Gasteiger partial charge in [0.2, 0.25) is 0 Å². The third-order valence-corrected chi connectivity index (χ3v) is 4.50. The molecule has 1 saturated heterocycles. The molecule has 1 heterocycles. The number of aliphatic hydroxyl groups excluding tert-OH is 1. The second kappa shape index (κ2) is 6.15. The summed E-state index contributed by atoms with van der Waals surface area (Å²) in [6, 6.07) is 8.73. The Balaban J connectivity index is 1.90. The van der Waals surface area contributed by atoms with Crippen molar-refractivity contribution in [3.8, 4) is 0 Å². The number of anilines is 1. The molecule has 1 aliphatic heterocycles. The molecule has 1 unspecified atom stereocenters. The lowest BCUT2D eigenvalue weighted by Crippen LogP contribution is -2.50. The predicted octanol–water partition coefficient (Wildman–Crippen LogP) is 2.52. The maximum absolute atomic E-state index is 9.83. The van der Waals surface area contributed by atoms with Gasteiger partial charge >= 0.3 is 0 Å². The first-order valence-corrected chi connectivity index (χ1v) is 7.60. The maximum Gasteiger partial charge on any atom is 0.0575 e. The van der Waals surface area contributed by atoms with E-state index in [1.807, 2.05) is 6.92 Å². The van der Waals surface area contributed by atoms with Gasteiger partial charge in [-0.05, 0) is 31.5 Å². The minimum absolute atomic E-state index is 0.0362. The Morgan fingerprint density at radius 2 is 1.85 bits per heavy atom. The Labute approximate surface area is 123 Å². The highest BCUT2D eigenvalue weighted by molar-refractivity contribution is 5.48. The summed E-state index contributed by atoms with van der Waals surface area (Å²) in [5, 5.41) is 9.83. The quantitative estimate of drug-likeness (QED) is 0.915. The lowest BCUT2D eigenvalue weighted by molar-refractivity contribution is 0.0330. The van der Waals surface area contributed by atoms with E-state index in [-0.39, 0.29) is 11.5 Å². The van der Waals surface area contributed by atoms with Crippen molar-refractivity contribution in [3.63, 3.8) is 0 Å². The lowest BCUT2D eigenvalue weighted by Gasteiger charge is -2.40. The highest BCUT2D eigenvalue weighted by Crippen LogP contribution is 2.24. The summed E-state index contributed by atoms with van der Waals surface area (Å²) < 4.78 is 0. The van der Waals surface area contributed by atoms with Crippen LogP contribution in [0.15, 0.2) is 24.3 Å². The van der Waals surface area contributed by atoms with Crippen LogP contribution in [-0.4, -0.2) is 48.8 Å². The first-order valence-electron chi connectivity index (χ1n) is 7.60. The van der Waals surface area contributed by atoms with Crippen LogP contribution in [0.4, 0.5) is 5.69 Å². The van der Waals surface area contributed by atoms with Crippen LogP contribution in [-0.2, 0) is 0 Å². The molecular formula is C17H28N2O. The fourth-order valence-corrected chi connectivity index (χ4v) is 2.70. The standard InChI is InChI=1S/C17H28N2O/c1-14-6-5-7-16(12-14)19-10-8-18(9-11-19)13-17(3,4)15(2)20/h5-7,12,15,20H,8-11,13H2,1-4H3. The molecule has 0 amide bonds. The lowest BCUT2D eigenvalue weighted by atomic mass is 9.86.